The molecular formula is C9H18O. The molecule has 0 spiro atoms. The summed E-state index contributed by atoms with van der Waals surface area (Å²) in [6.45, 7) is 8.26. The van der Waals surface area contributed by atoms with E-state index in [-0.39, 0.29) is 0 Å². The maximum atomic E-state index is 10.6. The molecule has 0 aromatic rings. The van der Waals surface area contributed by atoms with Crippen molar-refractivity contribution >= 4 is 5.78 Å². The Balaban J connectivity index is 3.39. The van der Waals surface area contributed by atoms with Crippen molar-refractivity contribution in [2.24, 2.45) is 11.8 Å². The minimum atomic E-state index is 0.313. The van der Waals surface area contributed by atoms with Crippen molar-refractivity contribution < 1.29 is 4.79 Å². The number of rotatable bonds is 4. The Bertz CT molecular complexity index is 105. The number of hydrogen-bond donors (Lipinski definition) is 0. The van der Waals surface area contributed by atoms with Crippen LogP contribution in [-0.2, 0) is 4.79 Å². The molecule has 0 aliphatic rings. The van der Waals surface area contributed by atoms with E-state index in [0.717, 1.165) is 12.8 Å². The van der Waals surface area contributed by atoms with Crippen LogP contribution >= 0.6 is 0 Å². The van der Waals surface area contributed by atoms with Gasteiger partial charge < -0.3 is 4.79 Å². The molecule has 0 aliphatic heterocycles. The van der Waals surface area contributed by atoms with E-state index < -0.39 is 0 Å². The third-order valence-electron chi connectivity index (χ3n) is 2.09. The van der Waals surface area contributed by atoms with Crippen LogP contribution in [0.1, 0.15) is 40.5 Å². The molecule has 0 heterocycles. The largest absolute Gasteiger partial charge is 0.300 e. The van der Waals surface area contributed by atoms with E-state index >= 15 is 0 Å². The third kappa shape index (κ3) is 4.54. The second-order valence-electron chi connectivity index (χ2n) is 3.46. The van der Waals surface area contributed by atoms with Gasteiger partial charge in [-0.2, -0.15) is 0 Å². The first kappa shape index (κ1) is 9.67. The van der Waals surface area contributed by atoms with Crippen LogP contribution in [0.2, 0.25) is 0 Å². The van der Waals surface area contributed by atoms with E-state index in [1.54, 1.807) is 6.92 Å². The molecule has 0 amide bonds. The van der Waals surface area contributed by atoms with Crippen LogP contribution in [0.3, 0.4) is 0 Å². The van der Waals surface area contributed by atoms with Gasteiger partial charge in [0.05, 0.1) is 0 Å². The van der Waals surface area contributed by atoms with Gasteiger partial charge in [-0.15, -0.1) is 0 Å². The fourth-order valence-electron chi connectivity index (χ4n) is 0.764. The van der Waals surface area contributed by atoms with Crippen LogP contribution in [0.5, 0.6) is 0 Å². The minimum Gasteiger partial charge on any atom is -0.300 e. The summed E-state index contributed by atoms with van der Waals surface area (Å²) in [6.07, 6.45) is 1.80. The third-order valence-corrected chi connectivity index (χ3v) is 2.09. The molecule has 10 heavy (non-hydrogen) atoms. The summed E-state index contributed by atoms with van der Waals surface area (Å²) in [5.74, 6) is 1.70. The summed E-state index contributed by atoms with van der Waals surface area (Å²) in [5.41, 5.74) is 0. The molecule has 1 atom stereocenters. The van der Waals surface area contributed by atoms with Gasteiger partial charge in [0.15, 0.2) is 0 Å². The predicted octanol–water partition coefficient (Wildman–Crippen LogP) is 2.65. The topological polar surface area (TPSA) is 17.1 Å². The lowest BCUT2D eigenvalue weighted by Gasteiger charge is -2.13. The van der Waals surface area contributed by atoms with Gasteiger partial charge in [-0.25, -0.2) is 0 Å². The second kappa shape index (κ2) is 4.48. The Labute approximate surface area is 63.8 Å². The molecule has 1 heteroatoms. The zero-order valence-corrected chi connectivity index (χ0v) is 7.48. The fourth-order valence-corrected chi connectivity index (χ4v) is 0.764. The molecule has 0 saturated carbocycles. The Morgan fingerprint density at radius 2 is 1.80 bits per heavy atom. The molecule has 0 N–H and O–H groups in total. The molecule has 0 fully saturated rings. The van der Waals surface area contributed by atoms with Crippen LogP contribution in [-0.4, -0.2) is 5.78 Å². The van der Waals surface area contributed by atoms with Gasteiger partial charge in [0.2, 0.25) is 0 Å². The highest BCUT2D eigenvalue weighted by atomic mass is 16.1. The van der Waals surface area contributed by atoms with Crippen LogP contribution in [0, 0.1) is 11.8 Å². The highest BCUT2D eigenvalue weighted by Crippen LogP contribution is 2.15. The van der Waals surface area contributed by atoms with E-state index in [1.807, 2.05) is 0 Å². The lowest BCUT2D eigenvalue weighted by atomic mass is 9.93. The molecule has 0 bridgehead atoms. The van der Waals surface area contributed by atoms with E-state index in [2.05, 4.69) is 20.8 Å². The average molecular weight is 142 g/mol. The summed E-state index contributed by atoms with van der Waals surface area (Å²) in [7, 11) is 0. The monoisotopic (exact) mass is 142 g/mol. The van der Waals surface area contributed by atoms with Gasteiger partial charge in [0.25, 0.3) is 0 Å². The van der Waals surface area contributed by atoms with Crippen molar-refractivity contribution in [3.8, 4) is 0 Å². The number of Topliss-reactive ketones (excluding diaryl/α,β-unsaturated/α-hetero) is 1. The van der Waals surface area contributed by atoms with Gasteiger partial charge in [-0.1, -0.05) is 20.8 Å². The summed E-state index contributed by atoms with van der Waals surface area (Å²) < 4.78 is 0. The van der Waals surface area contributed by atoms with Crippen LogP contribution in [0.15, 0.2) is 0 Å². The van der Waals surface area contributed by atoms with Crippen LogP contribution in [0.4, 0.5) is 0 Å². The van der Waals surface area contributed by atoms with Gasteiger partial charge in [0, 0.05) is 6.42 Å². The molecule has 1 nitrogen and oxygen atoms in total. The highest BCUT2D eigenvalue weighted by molar-refractivity contribution is 5.75. The normalized spacial score (nSPS) is 13.7. The fraction of sp³-hybridized carbons (Fsp3) is 0.889. The first-order chi connectivity index (χ1) is 4.54. The zero-order chi connectivity index (χ0) is 8.15. The lowest BCUT2D eigenvalue weighted by molar-refractivity contribution is -0.117. The first-order valence-electron chi connectivity index (χ1n) is 4.03. The first-order valence-corrected chi connectivity index (χ1v) is 4.03. The molecular weight excluding hydrogens is 124 g/mol. The number of carbonyl (C=O) groups excluding carboxylic acids is 1. The highest BCUT2D eigenvalue weighted by Gasteiger charge is 2.06. The molecule has 0 aliphatic carbocycles. The second-order valence-corrected chi connectivity index (χ2v) is 3.46. The quantitative estimate of drug-likeness (QED) is 0.589. The van der Waals surface area contributed by atoms with Gasteiger partial charge in [-0.3, -0.25) is 0 Å². The summed E-state index contributed by atoms with van der Waals surface area (Å²) in [4.78, 5) is 10.6. The number of ketones is 1. The minimum absolute atomic E-state index is 0.313. The average Bonchev–Trinajstić information content (AvgIpc) is 1.82. The Hall–Kier alpha value is -0.330. The van der Waals surface area contributed by atoms with E-state index in [1.165, 1.54) is 0 Å². The van der Waals surface area contributed by atoms with Gasteiger partial charge in [-0.05, 0) is 25.2 Å². The van der Waals surface area contributed by atoms with Crippen LogP contribution < -0.4 is 0 Å². The SMILES string of the molecule is CC(=O)CC[C@@H](C)C(C)C. The molecule has 0 aromatic heterocycles. The molecule has 0 radical (unpaired) electrons. The smallest absolute Gasteiger partial charge is 0.129 e. The van der Waals surface area contributed by atoms with Crippen molar-refractivity contribution in [3.05, 3.63) is 0 Å². The van der Waals surface area contributed by atoms with Crippen molar-refractivity contribution in [3.63, 3.8) is 0 Å². The lowest BCUT2D eigenvalue weighted by Crippen LogP contribution is -2.05. The Kier molecular flexibility index (Phi) is 4.33. The summed E-state index contributed by atoms with van der Waals surface area (Å²) in [5, 5.41) is 0. The predicted molar refractivity (Wildman–Crippen MR) is 43.9 cm³/mol. The number of hydrogen-bond acceptors (Lipinski definition) is 1. The van der Waals surface area contributed by atoms with Crippen molar-refractivity contribution in [2.75, 3.05) is 0 Å². The number of carbonyl (C=O) groups is 1. The Morgan fingerprint density at radius 1 is 1.30 bits per heavy atom. The summed E-state index contributed by atoms with van der Waals surface area (Å²) >= 11 is 0. The van der Waals surface area contributed by atoms with Crippen molar-refractivity contribution in [1.82, 2.24) is 0 Å². The molecule has 60 valence electrons. The van der Waals surface area contributed by atoms with E-state index in [9.17, 15) is 4.79 Å². The van der Waals surface area contributed by atoms with Crippen molar-refractivity contribution in [1.29, 1.82) is 0 Å². The summed E-state index contributed by atoms with van der Waals surface area (Å²) in [6, 6.07) is 0. The molecule has 0 aromatic carbocycles. The zero-order valence-electron chi connectivity index (χ0n) is 7.48. The maximum absolute atomic E-state index is 10.6. The van der Waals surface area contributed by atoms with Gasteiger partial charge in [0.1, 0.15) is 5.78 Å². The van der Waals surface area contributed by atoms with Crippen molar-refractivity contribution in [2.45, 2.75) is 40.5 Å². The van der Waals surface area contributed by atoms with E-state index in [0.29, 0.717) is 17.6 Å². The van der Waals surface area contributed by atoms with Gasteiger partial charge >= 0.3 is 0 Å². The van der Waals surface area contributed by atoms with Crippen LogP contribution in [0.25, 0.3) is 0 Å². The maximum Gasteiger partial charge on any atom is 0.129 e. The Morgan fingerprint density at radius 3 is 2.10 bits per heavy atom. The van der Waals surface area contributed by atoms with E-state index in [4.69, 9.17) is 0 Å². The molecule has 0 unspecified atom stereocenters. The standard InChI is InChI=1S/C9H18O/c1-7(2)8(3)5-6-9(4)10/h7-8H,5-6H2,1-4H3/t8-/m1/s1. The molecule has 0 rings (SSSR count). The molecule has 0 saturated heterocycles.